The zero-order valence-corrected chi connectivity index (χ0v) is 27.4. The third-order valence-corrected chi connectivity index (χ3v) is 8.61. The molecule has 2 saturated heterocycles. The Morgan fingerprint density at radius 1 is 0.939 bits per heavy atom. The molecule has 0 saturated carbocycles. The zero-order valence-electron chi connectivity index (χ0n) is 25.9. The Bertz CT molecular complexity index is 1900. The van der Waals surface area contributed by atoms with Gasteiger partial charge in [-0.1, -0.05) is 35.3 Å². The molecular formula is C33H32Cl2F4N6O4. The summed E-state index contributed by atoms with van der Waals surface area (Å²) in [5.41, 5.74) is 2.56. The molecule has 3 N–H and O–H groups in total. The smallest absolute Gasteiger partial charge is 0.427 e. The molecule has 0 spiro atoms. The molecule has 3 aromatic carbocycles. The highest BCUT2D eigenvalue weighted by Gasteiger charge is 2.45. The fraction of sp³-hybridized carbons (Fsp3) is 0.364. The number of amides is 1. The highest BCUT2D eigenvalue weighted by Crippen LogP contribution is 2.32. The topological polar surface area (TPSA) is 118 Å². The Balaban J connectivity index is 0.000000205. The van der Waals surface area contributed by atoms with E-state index in [1.807, 2.05) is 12.1 Å². The van der Waals surface area contributed by atoms with Gasteiger partial charge in [0.2, 0.25) is 0 Å². The van der Waals surface area contributed by atoms with E-state index in [4.69, 9.17) is 32.0 Å². The lowest BCUT2D eigenvalue weighted by Gasteiger charge is -2.21. The van der Waals surface area contributed by atoms with E-state index in [1.165, 1.54) is 29.5 Å². The van der Waals surface area contributed by atoms with Crippen LogP contribution in [0.1, 0.15) is 23.2 Å². The Kier molecular flexibility index (Phi) is 10.7. The van der Waals surface area contributed by atoms with Crippen molar-refractivity contribution in [2.24, 2.45) is 11.8 Å². The van der Waals surface area contributed by atoms with Crippen molar-refractivity contribution in [2.45, 2.75) is 25.4 Å². The van der Waals surface area contributed by atoms with Crippen LogP contribution in [0, 0.1) is 11.8 Å². The lowest BCUT2D eigenvalue weighted by atomic mass is 10.1. The maximum atomic E-state index is 13.3. The average molecular weight is 724 g/mol. The maximum Gasteiger partial charge on any atom is 0.461 e. The molecule has 5 aromatic rings. The van der Waals surface area contributed by atoms with Gasteiger partial charge in [-0.05, 0) is 74.2 Å². The first-order chi connectivity index (χ1) is 23.5. The van der Waals surface area contributed by atoms with Crippen LogP contribution in [0.5, 0.6) is 5.75 Å². The number of oxazole rings is 2. The van der Waals surface area contributed by atoms with Crippen LogP contribution in [0.4, 0.5) is 29.6 Å². The van der Waals surface area contributed by atoms with Crippen LogP contribution in [-0.4, -0.2) is 72.6 Å². The van der Waals surface area contributed by atoms with Crippen molar-refractivity contribution >= 4 is 63.3 Å². The van der Waals surface area contributed by atoms with E-state index in [0.29, 0.717) is 65.1 Å². The first-order valence-electron chi connectivity index (χ1n) is 15.6. The van der Waals surface area contributed by atoms with E-state index in [-0.39, 0.29) is 11.5 Å². The van der Waals surface area contributed by atoms with Crippen LogP contribution in [0.2, 0.25) is 10.0 Å². The SMILES string of the molecule is Clc1ccc2nc(NC[C@@H]3CCNC3)oc2c1.O=C(c1ccccc1OC(F)(F)C(F)F)N1CC[C@@H](CNc2nc3ccc(Cl)cc3o2)C1. The van der Waals surface area contributed by atoms with Crippen LogP contribution in [-0.2, 0) is 0 Å². The number of carbonyl (C=O) groups is 1. The number of benzene rings is 3. The third kappa shape index (κ3) is 8.67. The average Bonchev–Trinajstić information content (AvgIpc) is 3.89. The van der Waals surface area contributed by atoms with Gasteiger partial charge in [-0.3, -0.25) is 4.79 Å². The van der Waals surface area contributed by atoms with Crippen molar-refractivity contribution in [1.29, 1.82) is 0 Å². The molecule has 0 bridgehead atoms. The summed E-state index contributed by atoms with van der Waals surface area (Å²) in [5.74, 6) is -0.444. The second kappa shape index (κ2) is 15.1. The number of halogens is 6. The minimum absolute atomic E-state index is 0.0492. The number of nitrogens with one attached hydrogen (secondary N) is 3. The molecule has 16 heteroatoms. The summed E-state index contributed by atoms with van der Waals surface area (Å²) in [4.78, 5) is 23.0. The molecule has 2 aromatic heterocycles. The van der Waals surface area contributed by atoms with Gasteiger partial charge in [0.15, 0.2) is 11.2 Å². The lowest BCUT2D eigenvalue weighted by molar-refractivity contribution is -0.253. The number of nitrogens with zero attached hydrogens (tertiary/aromatic N) is 3. The number of likely N-dealkylation sites (tertiary alicyclic amines) is 1. The molecule has 2 aliphatic rings. The number of aromatic nitrogens is 2. The van der Waals surface area contributed by atoms with Gasteiger partial charge in [0, 0.05) is 48.4 Å². The Hall–Kier alpha value is -4.27. The summed E-state index contributed by atoms with van der Waals surface area (Å²) < 4.78 is 67.0. The summed E-state index contributed by atoms with van der Waals surface area (Å²) in [7, 11) is 0. The minimum Gasteiger partial charge on any atom is -0.427 e. The fourth-order valence-electron chi connectivity index (χ4n) is 5.58. The van der Waals surface area contributed by atoms with Crippen LogP contribution in [0.3, 0.4) is 0 Å². The van der Waals surface area contributed by atoms with Crippen molar-refractivity contribution in [1.82, 2.24) is 20.2 Å². The number of rotatable bonds is 10. The highest BCUT2D eigenvalue weighted by molar-refractivity contribution is 6.31. The Labute approximate surface area is 288 Å². The molecule has 4 heterocycles. The molecular weight excluding hydrogens is 691 g/mol. The van der Waals surface area contributed by atoms with Crippen molar-refractivity contribution in [2.75, 3.05) is 49.9 Å². The number of alkyl halides is 4. The maximum absolute atomic E-state index is 13.3. The van der Waals surface area contributed by atoms with Crippen molar-refractivity contribution in [3.05, 3.63) is 76.3 Å². The molecule has 7 rings (SSSR count). The molecule has 260 valence electrons. The van der Waals surface area contributed by atoms with Crippen LogP contribution in [0.25, 0.3) is 22.2 Å². The van der Waals surface area contributed by atoms with Gasteiger partial charge in [0.25, 0.3) is 17.9 Å². The molecule has 0 radical (unpaired) electrons. The summed E-state index contributed by atoms with van der Waals surface area (Å²) in [6.07, 6.45) is -6.85. The van der Waals surface area contributed by atoms with E-state index in [0.717, 1.165) is 36.8 Å². The predicted octanol–water partition coefficient (Wildman–Crippen LogP) is 7.79. The van der Waals surface area contributed by atoms with Crippen LogP contribution >= 0.6 is 23.2 Å². The summed E-state index contributed by atoms with van der Waals surface area (Å²) in [6, 6.07) is 16.6. The fourth-order valence-corrected chi connectivity index (χ4v) is 5.90. The molecule has 2 atom stereocenters. The van der Waals surface area contributed by atoms with E-state index in [9.17, 15) is 22.4 Å². The standard InChI is InChI=1S/C21H18ClF4N3O3.C12H14ClN3O/c22-13-5-6-15-17(9-13)31-20(28-15)27-10-12-7-8-29(11-12)18(30)14-3-1-2-4-16(14)32-21(25,26)19(23)24;13-9-1-2-10-11(5-9)17-12(16-10)15-7-8-3-4-14-6-8/h1-6,9,12,19H,7-8,10-11H2,(H,27,28);1-2,5,8,14H,3-4,6-7H2,(H,15,16)/t12-;8-/m01/s1. The number of ether oxygens (including phenoxy) is 1. The second-order valence-electron chi connectivity index (χ2n) is 11.7. The Morgan fingerprint density at radius 2 is 1.55 bits per heavy atom. The van der Waals surface area contributed by atoms with Crippen LogP contribution in [0.15, 0.2) is 69.5 Å². The number of para-hydroxylation sites is 1. The normalized spacial score (nSPS) is 17.8. The monoisotopic (exact) mass is 722 g/mol. The summed E-state index contributed by atoms with van der Waals surface area (Å²) in [5, 5.41) is 10.8. The van der Waals surface area contributed by atoms with Crippen LogP contribution < -0.4 is 20.7 Å². The number of hydrogen-bond donors (Lipinski definition) is 3. The van der Waals surface area contributed by atoms with Gasteiger partial charge in [-0.15, -0.1) is 0 Å². The molecule has 0 aliphatic carbocycles. The van der Waals surface area contributed by atoms with Crippen molar-refractivity contribution in [3.63, 3.8) is 0 Å². The van der Waals surface area contributed by atoms with E-state index in [1.54, 1.807) is 24.3 Å². The molecule has 49 heavy (non-hydrogen) atoms. The molecule has 10 nitrogen and oxygen atoms in total. The molecule has 2 fully saturated rings. The first-order valence-corrected chi connectivity index (χ1v) is 16.3. The number of hydrogen-bond acceptors (Lipinski definition) is 9. The minimum atomic E-state index is -4.70. The predicted molar refractivity (Wildman–Crippen MR) is 178 cm³/mol. The van der Waals surface area contributed by atoms with E-state index in [2.05, 4.69) is 30.7 Å². The number of anilines is 2. The van der Waals surface area contributed by atoms with Gasteiger partial charge in [0.1, 0.15) is 16.8 Å². The van der Waals surface area contributed by atoms with Gasteiger partial charge in [-0.25, -0.2) is 0 Å². The third-order valence-electron chi connectivity index (χ3n) is 8.14. The molecule has 0 unspecified atom stereocenters. The summed E-state index contributed by atoms with van der Waals surface area (Å²) >= 11 is 11.8. The number of carbonyl (C=O) groups excluding carboxylic acids is 1. The van der Waals surface area contributed by atoms with Crippen molar-refractivity contribution in [3.8, 4) is 5.75 Å². The van der Waals surface area contributed by atoms with E-state index < -0.39 is 24.2 Å². The molecule has 2 aliphatic heterocycles. The van der Waals surface area contributed by atoms with Gasteiger partial charge in [0.05, 0.1) is 5.56 Å². The molecule has 1 amide bonds. The lowest BCUT2D eigenvalue weighted by Crippen LogP contribution is -2.35. The summed E-state index contributed by atoms with van der Waals surface area (Å²) in [6.45, 7) is 4.26. The number of fused-ring (bicyclic) bond motifs is 2. The van der Waals surface area contributed by atoms with Gasteiger partial charge < -0.3 is 34.4 Å². The highest BCUT2D eigenvalue weighted by atomic mass is 35.5. The quantitative estimate of drug-likeness (QED) is 0.124. The second-order valence-corrected chi connectivity index (χ2v) is 12.6. The largest absolute Gasteiger partial charge is 0.461 e. The van der Waals surface area contributed by atoms with E-state index >= 15 is 0 Å². The first kappa shape index (κ1) is 34.6. The van der Waals surface area contributed by atoms with Gasteiger partial charge in [-0.2, -0.15) is 27.5 Å². The zero-order chi connectivity index (χ0) is 34.5. The van der Waals surface area contributed by atoms with Gasteiger partial charge >= 0.3 is 12.5 Å². The Morgan fingerprint density at radius 3 is 2.14 bits per heavy atom. The van der Waals surface area contributed by atoms with Crippen molar-refractivity contribution < 1.29 is 35.9 Å².